The standard InChI is InChI=1S/C33H38N6/c1-18-11-26(34-14-18)32-36-16-28(38-32)21-5-3-20(4-6-21)24-9-10-25(31-23-8-7-22(13-23)30(24)31)29-17-37-33(39-29)27-12-19(2)15-35-27/h3-6,9-10,16-19,22-23,26-27,34-35H,7-8,11-15H2,1-2H3,(H,36,38)(H,37,39). The van der Waals surface area contributed by atoms with Crippen LogP contribution in [0.3, 0.4) is 0 Å². The summed E-state index contributed by atoms with van der Waals surface area (Å²) in [6, 6.07) is 14.5. The summed E-state index contributed by atoms with van der Waals surface area (Å²) in [6.45, 7) is 6.75. The third-order valence-corrected chi connectivity index (χ3v) is 9.89. The van der Waals surface area contributed by atoms with E-state index in [0.717, 1.165) is 43.3 Å². The first-order valence-electron chi connectivity index (χ1n) is 14.9. The van der Waals surface area contributed by atoms with Gasteiger partial charge >= 0.3 is 0 Å². The molecule has 8 rings (SSSR count). The second kappa shape index (κ2) is 9.17. The molecule has 2 aromatic carbocycles. The molecule has 2 aliphatic heterocycles. The number of hydrogen-bond acceptors (Lipinski definition) is 4. The monoisotopic (exact) mass is 518 g/mol. The van der Waals surface area contributed by atoms with Gasteiger partial charge in [-0.3, -0.25) is 0 Å². The molecule has 39 heavy (non-hydrogen) atoms. The molecule has 0 spiro atoms. The molecule has 3 fully saturated rings. The minimum atomic E-state index is 0.341. The summed E-state index contributed by atoms with van der Waals surface area (Å²) in [5, 5.41) is 7.21. The predicted molar refractivity (Wildman–Crippen MR) is 155 cm³/mol. The summed E-state index contributed by atoms with van der Waals surface area (Å²) in [5.74, 6) is 4.91. The zero-order chi connectivity index (χ0) is 26.1. The van der Waals surface area contributed by atoms with Gasteiger partial charge in [0, 0.05) is 5.56 Å². The first-order chi connectivity index (χ1) is 19.1. The van der Waals surface area contributed by atoms with E-state index in [9.17, 15) is 0 Å². The van der Waals surface area contributed by atoms with Crippen molar-refractivity contribution in [2.75, 3.05) is 13.1 Å². The molecule has 6 atom stereocenters. The second-order valence-corrected chi connectivity index (χ2v) is 12.7. The van der Waals surface area contributed by atoms with Crippen LogP contribution in [0.15, 0.2) is 48.8 Å². The van der Waals surface area contributed by atoms with Crippen LogP contribution < -0.4 is 10.6 Å². The number of hydrogen-bond donors (Lipinski definition) is 4. The van der Waals surface area contributed by atoms with Crippen LogP contribution in [0, 0.1) is 11.8 Å². The van der Waals surface area contributed by atoms with Crippen molar-refractivity contribution in [1.82, 2.24) is 30.6 Å². The molecule has 6 unspecified atom stereocenters. The number of imidazole rings is 2. The topological polar surface area (TPSA) is 81.4 Å². The number of H-pyrrole nitrogens is 2. The van der Waals surface area contributed by atoms with Crippen molar-refractivity contribution in [1.29, 1.82) is 0 Å². The summed E-state index contributed by atoms with van der Waals surface area (Å²) in [6.07, 6.45) is 10.3. The van der Waals surface area contributed by atoms with Gasteiger partial charge in [-0.05, 0) is 96.7 Å². The lowest BCUT2D eigenvalue weighted by Gasteiger charge is -2.22. The van der Waals surface area contributed by atoms with Crippen LogP contribution in [0.25, 0.3) is 33.6 Å². The Kier molecular flexibility index (Phi) is 5.56. The fraction of sp³-hybridized carbons (Fsp3) is 0.455. The van der Waals surface area contributed by atoms with E-state index in [1.165, 1.54) is 47.2 Å². The Morgan fingerprint density at radius 2 is 1.15 bits per heavy atom. The highest BCUT2D eigenvalue weighted by Crippen LogP contribution is 2.58. The third kappa shape index (κ3) is 3.99. The van der Waals surface area contributed by atoms with Gasteiger partial charge in [0.25, 0.3) is 0 Å². The van der Waals surface area contributed by atoms with Gasteiger partial charge in [-0.15, -0.1) is 0 Å². The number of nitrogens with zero attached hydrogens (tertiary/aromatic N) is 2. The Hall–Kier alpha value is -3.22. The third-order valence-electron chi connectivity index (χ3n) is 9.89. The van der Waals surface area contributed by atoms with Gasteiger partial charge in [0.1, 0.15) is 11.6 Å². The van der Waals surface area contributed by atoms with Crippen molar-refractivity contribution < 1.29 is 0 Å². The Morgan fingerprint density at radius 3 is 1.77 bits per heavy atom. The van der Waals surface area contributed by atoms with Gasteiger partial charge in [0.05, 0.1) is 35.9 Å². The van der Waals surface area contributed by atoms with E-state index in [4.69, 9.17) is 9.97 Å². The number of benzene rings is 2. The minimum Gasteiger partial charge on any atom is -0.341 e. The Balaban J connectivity index is 1.10. The van der Waals surface area contributed by atoms with Gasteiger partial charge in [-0.1, -0.05) is 50.2 Å². The van der Waals surface area contributed by atoms with Crippen LogP contribution >= 0.6 is 0 Å². The summed E-state index contributed by atoms with van der Waals surface area (Å²) >= 11 is 0. The van der Waals surface area contributed by atoms with Crippen molar-refractivity contribution in [3.05, 3.63) is 71.6 Å². The van der Waals surface area contributed by atoms with Crippen LogP contribution in [-0.2, 0) is 0 Å². The highest BCUT2D eigenvalue weighted by Gasteiger charge is 2.40. The van der Waals surface area contributed by atoms with Crippen LogP contribution in [0.5, 0.6) is 0 Å². The lowest BCUT2D eigenvalue weighted by atomic mass is 9.82. The Bertz CT molecular complexity index is 1510. The van der Waals surface area contributed by atoms with Crippen LogP contribution in [0.2, 0.25) is 0 Å². The number of nitrogens with one attached hydrogen (secondary N) is 4. The van der Waals surface area contributed by atoms with Crippen molar-refractivity contribution in [3.8, 4) is 33.6 Å². The molecule has 4 heterocycles. The van der Waals surface area contributed by atoms with Gasteiger partial charge in [-0.2, -0.15) is 0 Å². The van der Waals surface area contributed by atoms with Crippen molar-refractivity contribution in [3.63, 3.8) is 0 Å². The van der Waals surface area contributed by atoms with E-state index in [1.54, 1.807) is 11.1 Å². The smallest absolute Gasteiger partial charge is 0.123 e. The van der Waals surface area contributed by atoms with Crippen molar-refractivity contribution in [2.24, 2.45) is 11.8 Å². The molecule has 4 N–H and O–H groups in total. The molecular weight excluding hydrogens is 480 g/mol. The maximum absolute atomic E-state index is 4.82. The van der Waals surface area contributed by atoms with Crippen LogP contribution in [0.1, 0.15) is 92.6 Å². The quantitative estimate of drug-likeness (QED) is 0.233. The van der Waals surface area contributed by atoms with E-state index in [1.807, 2.05) is 6.20 Å². The number of rotatable bonds is 5. The fourth-order valence-corrected chi connectivity index (χ4v) is 7.89. The molecule has 4 aromatic rings. The molecule has 4 aliphatic rings. The highest BCUT2D eigenvalue weighted by atomic mass is 15.1. The van der Waals surface area contributed by atoms with Gasteiger partial charge in [-0.25, -0.2) is 9.97 Å². The van der Waals surface area contributed by atoms with E-state index in [-0.39, 0.29) is 0 Å². The first-order valence-corrected chi connectivity index (χ1v) is 14.9. The molecule has 2 aliphatic carbocycles. The second-order valence-electron chi connectivity index (χ2n) is 12.7. The number of aromatic nitrogens is 4. The normalized spacial score (nSPS) is 29.4. The molecule has 2 aromatic heterocycles. The number of fused-ring (bicyclic) bond motifs is 5. The molecule has 6 nitrogen and oxygen atoms in total. The van der Waals surface area contributed by atoms with Crippen molar-refractivity contribution in [2.45, 2.75) is 69.9 Å². The maximum Gasteiger partial charge on any atom is 0.123 e. The first kappa shape index (κ1) is 23.6. The van der Waals surface area contributed by atoms with Gasteiger partial charge < -0.3 is 20.6 Å². The molecule has 6 heteroatoms. The average molecular weight is 519 g/mol. The highest BCUT2D eigenvalue weighted by molar-refractivity contribution is 5.80. The molecule has 0 radical (unpaired) electrons. The number of aromatic amines is 2. The van der Waals surface area contributed by atoms with E-state index in [2.05, 4.69) is 77.0 Å². The van der Waals surface area contributed by atoms with Gasteiger partial charge in [0.15, 0.2) is 0 Å². The largest absolute Gasteiger partial charge is 0.341 e. The van der Waals surface area contributed by atoms with Crippen LogP contribution in [-0.4, -0.2) is 33.0 Å². The van der Waals surface area contributed by atoms with Crippen molar-refractivity contribution >= 4 is 0 Å². The molecule has 0 amide bonds. The van der Waals surface area contributed by atoms with E-state index < -0.39 is 0 Å². The fourth-order valence-electron chi connectivity index (χ4n) is 7.89. The summed E-state index contributed by atoms with van der Waals surface area (Å²) < 4.78 is 0. The predicted octanol–water partition coefficient (Wildman–Crippen LogP) is 6.84. The molecule has 2 saturated heterocycles. The summed E-state index contributed by atoms with van der Waals surface area (Å²) in [5.41, 5.74) is 10.7. The molecule has 2 bridgehead atoms. The Morgan fingerprint density at radius 1 is 0.615 bits per heavy atom. The molecule has 200 valence electrons. The maximum atomic E-state index is 4.82. The summed E-state index contributed by atoms with van der Waals surface area (Å²) in [4.78, 5) is 16.8. The molecule has 1 saturated carbocycles. The zero-order valence-electron chi connectivity index (χ0n) is 22.9. The van der Waals surface area contributed by atoms with E-state index >= 15 is 0 Å². The Labute approximate surface area is 230 Å². The van der Waals surface area contributed by atoms with Gasteiger partial charge in [0.2, 0.25) is 0 Å². The SMILES string of the molecule is CC1CNC(c2ncc(-c3ccc(-c4ccc(-c5cnc(C6CC(C)CN6)[nH]5)c5c4C4CCC5C4)cc3)[nH]2)C1. The lowest BCUT2D eigenvalue weighted by Crippen LogP contribution is -2.14. The summed E-state index contributed by atoms with van der Waals surface area (Å²) in [7, 11) is 0. The molecular formula is C33H38N6. The zero-order valence-corrected chi connectivity index (χ0v) is 22.9. The minimum absolute atomic E-state index is 0.341. The van der Waals surface area contributed by atoms with E-state index in [0.29, 0.717) is 35.8 Å². The van der Waals surface area contributed by atoms with Crippen LogP contribution in [0.4, 0.5) is 0 Å². The lowest BCUT2D eigenvalue weighted by molar-refractivity contribution is 0.588. The average Bonchev–Trinajstić information content (AvgIpc) is 3.79.